The predicted molar refractivity (Wildman–Crippen MR) is 289 cm³/mol. The van der Waals surface area contributed by atoms with Crippen LogP contribution in [0, 0.1) is 5.41 Å². The fraction of sp³-hybridized carbons (Fsp3) is 0.154. The Bertz CT molecular complexity index is 3340. The maximum absolute atomic E-state index is 5.32. The standard InChI is InChI=1S/C65H56N4/c1-64(2,3)52-35-37-58-56(41-52)57-42-53(65(4,5)6)36-38-59(57)69(58)60-54(47-31-27-45(28-32-47)43-19-11-7-12-20-43)39-51(40-55(60)48-33-29-46(30-34-48)44-21-13-8-14-22-44)63-67-61(49-23-15-9-16-24-49)66-62(68-63)50-25-17-10-18-26-50/h7-35,37,39-42H,36,38H2,1-6H3. The minimum Gasteiger partial charge on any atom is -0.312 e. The first-order valence-corrected chi connectivity index (χ1v) is 24.2. The lowest BCUT2D eigenvalue weighted by molar-refractivity contribution is 0.483. The van der Waals surface area contributed by atoms with Crippen LogP contribution in [-0.2, 0) is 11.8 Å². The molecule has 4 heteroatoms. The summed E-state index contributed by atoms with van der Waals surface area (Å²) in [6, 6.07) is 71.8. The van der Waals surface area contributed by atoms with Gasteiger partial charge in [-0.1, -0.05) is 229 Å². The van der Waals surface area contributed by atoms with Gasteiger partial charge in [0.2, 0.25) is 0 Å². The highest BCUT2D eigenvalue weighted by molar-refractivity contribution is 5.99. The third-order valence-corrected chi connectivity index (χ3v) is 13.8. The number of fused-ring (bicyclic) bond motifs is 3. The molecule has 0 N–H and O–H groups in total. The van der Waals surface area contributed by atoms with Gasteiger partial charge >= 0.3 is 0 Å². The zero-order valence-corrected chi connectivity index (χ0v) is 40.3. The number of benzene rings is 8. The first kappa shape index (κ1) is 43.6. The van der Waals surface area contributed by atoms with Crippen molar-refractivity contribution in [3.8, 4) is 84.4 Å². The first-order chi connectivity index (χ1) is 33.5. The molecule has 69 heavy (non-hydrogen) atoms. The molecule has 0 saturated carbocycles. The molecular formula is C65H56N4. The average molecular weight is 893 g/mol. The smallest absolute Gasteiger partial charge is 0.164 e. The molecule has 0 atom stereocenters. The van der Waals surface area contributed by atoms with E-state index in [4.69, 9.17) is 15.0 Å². The van der Waals surface area contributed by atoms with Crippen molar-refractivity contribution in [2.75, 3.05) is 0 Å². The van der Waals surface area contributed by atoms with Gasteiger partial charge in [-0.05, 0) is 86.9 Å². The van der Waals surface area contributed by atoms with Crippen LogP contribution in [-0.4, -0.2) is 19.5 Å². The number of nitrogens with zero attached hydrogens (tertiary/aromatic N) is 4. The largest absolute Gasteiger partial charge is 0.312 e. The van der Waals surface area contributed by atoms with Crippen molar-refractivity contribution in [2.24, 2.45) is 5.41 Å². The average Bonchev–Trinajstić information content (AvgIpc) is 3.71. The summed E-state index contributed by atoms with van der Waals surface area (Å²) in [6.45, 7) is 14.0. The Labute approximate surface area is 406 Å². The van der Waals surface area contributed by atoms with Gasteiger partial charge in [0, 0.05) is 44.5 Å². The van der Waals surface area contributed by atoms with Gasteiger partial charge < -0.3 is 4.57 Å². The van der Waals surface area contributed by atoms with Crippen molar-refractivity contribution < 1.29 is 0 Å². The van der Waals surface area contributed by atoms with E-state index in [0.29, 0.717) is 17.5 Å². The first-order valence-electron chi connectivity index (χ1n) is 24.2. The Morgan fingerprint density at radius 2 is 0.783 bits per heavy atom. The number of hydrogen-bond acceptors (Lipinski definition) is 3. The molecule has 0 amide bonds. The Kier molecular flexibility index (Phi) is 11.1. The number of aromatic nitrogens is 4. The Morgan fingerprint density at radius 1 is 0.377 bits per heavy atom. The van der Waals surface area contributed by atoms with E-state index in [1.54, 1.807) is 0 Å². The van der Waals surface area contributed by atoms with E-state index in [1.807, 2.05) is 36.4 Å². The maximum atomic E-state index is 5.32. The third-order valence-electron chi connectivity index (χ3n) is 13.8. The molecule has 2 heterocycles. The monoisotopic (exact) mass is 892 g/mol. The predicted octanol–water partition coefficient (Wildman–Crippen LogP) is 17.2. The molecule has 0 aliphatic heterocycles. The Balaban J connectivity index is 1.25. The van der Waals surface area contributed by atoms with Crippen LogP contribution in [0.1, 0.15) is 64.8 Å². The van der Waals surface area contributed by atoms with Gasteiger partial charge in [-0.25, -0.2) is 15.0 Å². The molecule has 0 radical (unpaired) electrons. The van der Waals surface area contributed by atoms with Crippen LogP contribution in [0.5, 0.6) is 0 Å². The van der Waals surface area contributed by atoms with Crippen LogP contribution in [0.15, 0.2) is 206 Å². The van der Waals surface area contributed by atoms with Gasteiger partial charge in [0.25, 0.3) is 0 Å². The fourth-order valence-corrected chi connectivity index (χ4v) is 9.92. The normalized spacial score (nSPS) is 12.8. The lowest BCUT2D eigenvalue weighted by atomic mass is 9.79. The van der Waals surface area contributed by atoms with Crippen LogP contribution in [0.25, 0.3) is 101 Å². The molecule has 11 rings (SSSR count). The SMILES string of the molecule is CC(C)(C)C1=Cc2c(n(-c3c(-c4ccc(-c5ccccc5)cc4)cc(-c4nc(-c5ccccc5)nc(-c5ccccc5)n4)cc3-c3ccc(-c4ccccc4)cc3)c3ccc(C(C)(C)C)cc23)CC1. The van der Waals surface area contributed by atoms with Gasteiger partial charge in [0.15, 0.2) is 17.5 Å². The lowest BCUT2D eigenvalue weighted by Gasteiger charge is -2.28. The summed E-state index contributed by atoms with van der Waals surface area (Å²) in [5.41, 5.74) is 19.8. The fourth-order valence-electron chi connectivity index (χ4n) is 9.92. The third kappa shape index (κ3) is 8.53. The summed E-state index contributed by atoms with van der Waals surface area (Å²) < 4.78 is 2.61. The minimum atomic E-state index is -0.0187. The van der Waals surface area contributed by atoms with Crippen LogP contribution in [0.2, 0.25) is 0 Å². The Morgan fingerprint density at radius 3 is 1.22 bits per heavy atom. The summed E-state index contributed by atoms with van der Waals surface area (Å²) in [4.78, 5) is 15.7. The minimum absolute atomic E-state index is 0.0187. The van der Waals surface area contributed by atoms with Crippen LogP contribution >= 0.6 is 0 Å². The molecule has 1 aliphatic carbocycles. The van der Waals surface area contributed by atoms with Gasteiger partial charge in [-0.15, -0.1) is 0 Å². The van der Waals surface area contributed by atoms with Crippen molar-refractivity contribution in [1.29, 1.82) is 0 Å². The van der Waals surface area contributed by atoms with Crippen molar-refractivity contribution in [1.82, 2.24) is 19.5 Å². The highest BCUT2D eigenvalue weighted by Crippen LogP contribution is 2.47. The zero-order chi connectivity index (χ0) is 47.3. The van der Waals surface area contributed by atoms with Gasteiger partial charge in [0.05, 0.1) is 11.2 Å². The molecule has 0 saturated heterocycles. The van der Waals surface area contributed by atoms with Crippen LogP contribution < -0.4 is 0 Å². The highest BCUT2D eigenvalue weighted by atomic mass is 15.0. The molecule has 0 spiro atoms. The molecule has 0 unspecified atom stereocenters. The summed E-state index contributed by atoms with van der Waals surface area (Å²) in [7, 11) is 0. The number of rotatable bonds is 8. The van der Waals surface area contributed by atoms with Crippen molar-refractivity contribution in [2.45, 2.75) is 59.8 Å². The molecule has 2 aromatic heterocycles. The summed E-state index contributed by atoms with van der Waals surface area (Å²) in [5.74, 6) is 1.88. The Hall–Kier alpha value is -7.95. The second-order valence-electron chi connectivity index (χ2n) is 20.4. The van der Waals surface area contributed by atoms with Crippen molar-refractivity contribution in [3.63, 3.8) is 0 Å². The van der Waals surface area contributed by atoms with E-state index >= 15 is 0 Å². The molecule has 8 aromatic carbocycles. The van der Waals surface area contributed by atoms with Gasteiger partial charge in [-0.3, -0.25) is 0 Å². The van der Waals surface area contributed by atoms with E-state index in [-0.39, 0.29) is 10.8 Å². The quantitative estimate of drug-likeness (QED) is 0.153. The summed E-state index contributed by atoms with van der Waals surface area (Å²) in [6.07, 6.45) is 4.43. The molecule has 4 nitrogen and oxygen atoms in total. The summed E-state index contributed by atoms with van der Waals surface area (Å²) >= 11 is 0. The van der Waals surface area contributed by atoms with Gasteiger partial charge in [-0.2, -0.15) is 0 Å². The zero-order valence-electron chi connectivity index (χ0n) is 40.3. The van der Waals surface area contributed by atoms with E-state index in [0.717, 1.165) is 57.5 Å². The van der Waals surface area contributed by atoms with Gasteiger partial charge in [0.1, 0.15) is 0 Å². The number of hydrogen-bond donors (Lipinski definition) is 0. The molecule has 0 bridgehead atoms. The topological polar surface area (TPSA) is 43.6 Å². The molecule has 10 aromatic rings. The van der Waals surface area contributed by atoms with E-state index in [9.17, 15) is 0 Å². The lowest BCUT2D eigenvalue weighted by Crippen LogP contribution is -2.15. The van der Waals surface area contributed by atoms with E-state index in [1.165, 1.54) is 55.6 Å². The summed E-state index contributed by atoms with van der Waals surface area (Å²) in [5, 5.41) is 1.29. The van der Waals surface area contributed by atoms with Crippen molar-refractivity contribution >= 4 is 17.0 Å². The molecule has 1 aliphatic rings. The van der Waals surface area contributed by atoms with E-state index in [2.05, 4.69) is 216 Å². The maximum Gasteiger partial charge on any atom is 0.164 e. The highest BCUT2D eigenvalue weighted by Gasteiger charge is 2.30. The molecule has 336 valence electrons. The second-order valence-corrected chi connectivity index (χ2v) is 20.4. The second kappa shape index (κ2) is 17.6. The van der Waals surface area contributed by atoms with Crippen LogP contribution in [0.3, 0.4) is 0 Å². The number of allylic oxidation sites excluding steroid dienone is 1. The molecule has 0 fully saturated rings. The molecular weight excluding hydrogens is 837 g/mol. The van der Waals surface area contributed by atoms with E-state index < -0.39 is 0 Å². The van der Waals surface area contributed by atoms with Crippen molar-refractivity contribution in [3.05, 3.63) is 223 Å². The van der Waals surface area contributed by atoms with Crippen LogP contribution in [0.4, 0.5) is 0 Å².